The first-order chi connectivity index (χ1) is 12.3. The molecule has 1 saturated carbocycles. The highest BCUT2D eigenvalue weighted by molar-refractivity contribution is 6.09. The van der Waals surface area contributed by atoms with Crippen LogP contribution < -0.4 is 4.74 Å². The number of rotatable bonds is 3. The molecule has 6 heteroatoms. The number of nitrogens with zero attached hydrogens (tertiary/aromatic N) is 4. The van der Waals surface area contributed by atoms with Crippen molar-refractivity contribution in [1.29, 1.82) is 0 Å². The van der Waals surface area contributed by atoms with Crippen molar-refractivity contribution < 1.29 is 9.53 Å². The van der Waals surface area contributed by atoms with Crippen molar-refractivity contribution in [3.05, 3.63) is 42.4 Å². The van der Waals surface area contributed by atoms with Crippen LogP contribution >= 0.6 is 0 Å². The maximum absolute atomic E-state index is 13.2. The van der Waals surface area contributed by atoms with Crippen LogP contribution in [0, 0.1) is 0 Å². The molecule has 0 radical (unpaired) electrons. The second kappa shape index (κ2) is 5.31. The molecule has 3 aromatic heterocycles. The first-order valence-electron chi connectivity index (χ1n) is 8.56. The molecule has 6 nitrogen and oxygen atoms in total. The third-order valence-electron chi connectivity index (χ3n) is 5.07. The Balaban J connectivity index is 1.75. The summed E-state index contributed by atoms with van der Waals surface area (Å²) in [5.41, 5.74) is 4.37. The highest BCUT2D eigenvalue weighted by Crippen LogP contribution is 2.38. The van der Waals surface area contributed by atoms with E-state index in [0.717, 1.165) is 53.8 Å². The zero-order valence-electron chi connectivity index (χ0n) is 14.0. The Morgan fingerprint density at radius 2 is 2.04 bits per heavy atom. The van der Waals surface area contributed by atoms with Gasteiger partial charge in [0.15, 0.2) is 0 Å². The van der Waals surface area contributed by atoms with Gasteiger partial charge in [-0.15, -0.1) is 0 Å². The van der Waals surface area contributed by atoms with Crippen LogP contribution in [-0.2, 0) is 6.54 Å². The average Bonchev–Trinajstić information content (AvgIpc) is 3.44. The van der Waals surface area contributed by atoms with E-state index in [9.17, 15) is 4.79 Å². The van der Waals surface area contributed by atoms with E-state index < -0.39 is 0 Å². The minimum Gasteiger partial charge on any atom is -0.481 e. The Kier molecular flexibility index (Phi) is 3.07. The highest BCUT2D eigenvalue weighted by atomic mass is 16.5. The summed E-state index contributed by atoms with van der Waals surface area (Å²) in [6.07, 6.45) is 5.76. The van der Waals surface area contributed by atoms with Gasteiger partial charge >= 0.3 is 0 Å². The van der Waals surface area contributed by atoms with E-state index in [1.165, 1.54) is 0 Å². The molecule has 126 valence electrons. The lowest BCUT2D eigenvalue weighted by Crippen LogP contribution is -2.41. The molecule has 5 rings (SSSR count). The molecule has 0 spiro atoms. The van der Waals surface area contributed by atoms with Crippen LogP contribution in [0.2, 0.25) is 0 Å². The number of carbonyl (C=O) groups excluding carboxylic acids is 1. The molecule has 3 aromatic rings. The molecular formula is C19H18N4O2. The number of hydrogen-bond donors (Lipinski definition) is 0. The van der Waals surface area contributed by atoms with E-state index in [-0.39, 0.29) is 5.91 Å². The van der Waals surface area contributed by atoms with Gasteiger partial charge in [0.25, 0.3) is 5.91 Å². The minimum absolute atomic E-state index is 0.109. The Labute approximate surface area is 145 Å². The lowest BCUT2D eigenvalue weighted by atomic mass is 10.1. The molecule has 1 aliphatic heterocycles. The van der Waals surface area contributed by atoms with Crippen molar-refractivity contribution in [3.63, 3.8) is 0 Å². The van der Waals surface area contributed by atoms with Gasteiger partial charge in [0, 0.05) is 48.7 Å². The fourth-order valence-corrected chi connectivity index (χ4v) is 3.73. The molecule has 0 saturated heterocycles. The maximum Gasteiger partial charge on any atom is 0.271 e. The molecule has 0 atom stereocenters. The zero-order chi connectivity index (χ0) is 17.0. The maximum atomic E-state index is 13.2. The number of hydrogen-bond acceptors (Lipinski definition) is 4. The van der Waals surface area contributed by atoms with Gasteiger partial charge in [-0.3, -0.25) is 9.78 Å². The summed E-state index contributed by atoms with van der Waals surface area (Å²) in [5, 5.41) is 0. The van der Waals surface area contributed by atoms with Crippen LogP contribution in [0.5, 0.6) is 5.88 Å². The first-order valence-corrected chi connectivity index (χ1v) is 8.56. The third kappa shape index (κ3) is 2.13. The van der Waals surface area contributed by atoms with E-state index in [2.05, 4.69) is 14.5 Å². The predicted molar refractivity (Wildman–Crippen MR) is 93.6 cm³/mol. The quantitative estimate of drug-likeness (QED) is 0.739. The lowest BCUT2D eigenvalue weighted by molar-refractivity contribution is 0.0694. The van der Waals surface area contributed by atoms with Crippen LogP contribution in [0.3, 0.4) is 0 Å². The van der Waals surface area contributed by atoms with Gasteiger partial charge < -0.3 is 14.2 Å². The molecule has 1 fully saturated rings. The third-order valence-corrected chi connectivity index (χ3v) is 5.07. The van der Waals surface area contributed by atoms with Crippen LogP contribution in [0.15, 0.2) is 36.7 Å². The van der Waals surface area contributed by atoms with E-state index >= 15 is 0 Å². The number of ether oxygens (including phenoxy) is 1. The molecular weight excluding hydrogens is 316 g/mol. The monoisotopic (exact) mass is 334 g/mol. The Morgan fingerprint density at radius 1 is 1.16 bits per heavy atom. The van der Waals surface area contributed by atoms with E-state index in [1.807, 2.05) is 29.2 Å². The first kappa shape index (κ1) is 14.5. The topological polar surface area (TPSA) is 60.2 Å². The molecule has 4 heterocycles. The second-order valence-corrected chi connectivity index (χ2v) is 6.57. The fraction of sp³-hybridized carbons (Fsp3) is 0.316. The number of pyridine rings is 2. The van der Waals surface area contributed by atoms with Crippen molar-refractivity contribution in [1.82, 2.24) is 19.4 Å². The Hall–Kier alpha value is -2.89. The van der Waals surface area contributed by atoms with Crippen molar-refractivity contribution in [2.45, 2.75) is 25.4 Å². The molecule has 0 bridgehead atoms. The largest absolute Gasteiger partial charge is 0.481 e. The van der Waals surface area contributed by atoms with Gasteiger partial charge in [-0.2, -0.15) is 0 Å². The van der Waals surface area contributed by atoms with E-state index in [0.29, 0.717) is 11.9 Å². The summed E-state index contributed by atoms with van der Waals surface area (Å²) in [5.74, 6) is 0.664. The Bertz CT molecular complexity index is 973. The van der Waals surface area contributed by atoms with Crippen molar-refractivity contribution in [3.8, 4) is 17.0 Å². The standard InChI is InChI=1S/C19H18N4O2/c1-25-15-7-4-12(11-21-15)16-17-14(3-2-8-20-17)23-10-9-22(13-5-6-13)19(24)18(16)23/h2-4,7-8,11,13H,5-6,9-10H2,1H3. The van der Waals surface area contributed by atoms with Crippen molar-refractivity contribution >= 4 is 16.9 Å². The average molecular weight is 334 g/mol. The summed E-state index contributed by atoms with van der Waals surface area (Å²) in [4.78, 5) is 24.1. The van der Waals surface area contributed by atoms with Gasteiger partial charge in [0.05, 0.1) is 18.1 Å². The SMILES string of the molecule is COc1ccc(-c2c3n(c4cccnc24)CCN(C2CC2)C3=O)cn1. The van der Waals surface area contributed by atoms with Gasteiger partial charge in [0.2, 0.25) is 5.88 Å². The van der Waals surface area contributed by atoms with Crippen molar-refractivity contribution in [2.75, 3.05) is 13.7 Å². The smallest absolute Gasteiger partial charge is 0.271 e. The van der Waals surface area contributed by atoms with Gasteiger partial charge in [-0.05, 0) is 31.0 Å². The van der Waals surface area contributed by atoms with Crippen LogP contribution in [0.25, 0.3) is 22.2 Å². The summed E-state index contributed by atoms with van der Waals surface area (Å²) in [6.45, 7) is 1.58. The van der Waals surface area contributed by atoms with Crippen LogP contribution in [0.4, 0.5) is 0 Å². The minimum atomic E-state index is 0.109. The molecule has 0 aromatic carbocycles. The summed E-state index contributed by atoms with van der Waals surface area (Å²) < 4.78 is 7.27. The van der Waals surface area contributed by atoms with E-state index in [4.69, 9.17) is 4.74 Å². The number of aromatic nitrogens is 3. The molecule has 1 aliphatic carbocycles. The van der Waals surface area contributed by atoms with Crippen LogP contribution in [-0.4, -0.2) is 45.0 Å². The molecule has 25 heavy (non-hydrogen) atoms. The molecule has 2 aliphatic rings. The van der Waals surface area contributed by atoms with Gasteiger partial charge in [-0.1, -0.05) is 0 Å². The highest BCUT2D eigenvalue weighted by Gasteiger charge is 2.39. The summed E-state index contributed by atoms with van der Waals surface area (Å²) >= 11 is 0. The van der Waals surface area contributed by atoms with E-state index in [1.54, 1.807) is 19.5 Å². The molecule has 1 amide bonds. The van der Waals surface area contributed by atoms with Gasteiger partial charge in [0.1, 0.15) is 5.69 Å². The van der Waals surface area contributed by atoms with Crippen molar-refractivity contribution in [2.24, 2.45) is 0 Å². The normalized spacial score (nSPS) is 17.0. The zero-order valence-corrected chi connectivity index (χ0v) is 14.0. The summed E-state index contributed by atoms with van der Waals surface area (Å²) in [6, 6.07) is 8.13. The predicted octanol–water partition coefficient (Wildman–Crippen LogP) is 2.73. The second-order valence-electron chi connectivity index (χ2n) is 6.57. The fourth-order valence-electron chi connectivity index (χ4n) is 3.73. The van der Waals surface area contributed by atoms with Gasteiger partial charge in [-0.25, -0.2) is 4.98 Å². The van der Waals surface area contributed by atoms with Crippen LogP contribution in [0.1, 0.15) is 23.3 Å². The number of amides is 1. The summed E-state index contributed by atoms with van der Waals surface area (Å²) in [7, 11) is 1.59. The molecule has 0 N–H and O–H groups in total. The number of fused-ring (bicyclic) bond motifs is 3. The lowest BCUT2D eigenvalue weighted by Gasteiger charge is -2.29. The number of carbonyl (C=O) groups is 1. The molecule has 0 unspecified atom stereocenters. The Morgan fingerprint density at radius 3 is 2.76 bits per heavy atom. The number of methoxy groups -OCH3 is 1.